The molecule has 0 spiro atoms. The van der Waals surface area contributed by atoms with Gasteiger partial charge in [0, 0.05) is 12.0 Å². The van der Waals surface area contributed by atoms with Crippen LogP contribution in [0.15, 0.2) is 54.6 Å². The van der Waals surface area contributed by atoms with Crippen molar-refractivity contribution in [3.8, 4) is 5.40 Å². The topological polar surface area (TPSA) is 70.0 Å². The number of hydrogen-bond donors (Lipinski definition) is 1. The van der Waals surface area contributed by atoms with Crippen LogP contribution in [-0.4, -0.2) is 16.4 Å². The van der Waals surface area contributed by atoms with E-state index < -0.39 is 10.7 Å². The summed E-state index contributed by atoms with van der Waals surface area (Å²) in [5, 5.41) is 13.8. The summed E-state index contributed by atoms with van der Waals surface area (Å²) in [5.74, 6) is -0.756. The van der Waals surface area contributed by atoms with Crippen molar-refractivity contribution in [1.82, 2.24) is 0 Å². The van der Waals surface area contributed by atoms with Gasteiger partial charge in [-0.05, 0) is 29.5 Å². The lowest BCUT2D eigenvalue weighted by Gasteiger charge is -2.32. The zero-order valence-electron chi connectivity index (χ0n) is 11.6. The Morgan fingerprint density at radius 3 is 2.45 bits per heavy atom. The summed E-state index contributed by atoms with van der Waals surface area (Å²) < 4.78 is -1.44. The number of rotatable bonds is 3. The molecule has 1 heterocycles. The Morgan fingerprint density at radius 2 is 1.73 bits per heavy atom. The van der Waals surface area contributed by atoms with E-state index in [0.29, 0.717) is 11.3 Å². The molecular formula is C17H12N2O2S. The molecule has 0 bridgehead atoms. The zero-order chi connectivity index (χ0) is 15.6. The van der Waals surface area contributed by atoms with Gasteiger partial charge in [-0.1, -0.05) is 42.5 Å². The van der Waals surface area contributed by atoms with Gasteiger partial charge in [-0.2, -0.15) is 5.26 Å². The van der Waals surface area contributed by atoms with Crippen LogP contribution < -0.4 is 5.32 Å². The van der Waals surface area contributed by atoms with E-state index >= 15 is 0 Å². The minimum atomic E-state index is -1.44. The third-order valence-corrected chi connectivity index (χ3v) is 4.62. The number of Topliss-reactive ketones (excluding diaryl/α,β-unsaturated/α-hetero) is 1. The molecule has 0 aliphatic carbocycles. The number of hydrogen-bond acceptors (Lipinski definition) is 4. The molecular weight excluding hydrogens is 296 g/mol. The van der Waals surface area contributed by atoms with Crippen LogP contribution in [0, 0.1) is 10.7 Å². The fourth-order valence-electron chi connectivity index (χ4n) is 2.58. The molecule has 1 atom stereocenters. The Balaban J connectivity index is 2.09. The summed E-state index contributed by atoms with van der Waals surface area (Å²) in [5.41, 5.74) is 1.79. The number of ketones is 1. The highest BCUT2D eigenvalue weighted by Gasteiger charge is 2.50. The van der Waals surface area contributed by atoms with Gasteiger partial charge in [0.1, 0.15) is 5.40 Å². The van der Waals surface area contributed by atoms with Gasteiger partial charge in [0.2, 0.25) is 5.91 Å². The maximum Gasteiger partial charge on any atom is 0.250 e. The normalized spacial score (nSPS) is 20.0. The van der Waals surface area contributed by atoms with Crippen LogP contribution in [0.4, 0.5) is 5.69 Å². The van der Waals surface area contributed by atoms with Gasteiger partial charge in [0.15, 0.2) is 10.5 Å². The molecule has 0 saturated heterocycles. The first kappa shape index (κ1) is 14.4. The SMILES string of the molecule is N#CSC1(Cc2ccccc2)C(=O)Nc2ccccc2C1=O. The number of para-hydroxylation sites is 1. The number of benzene rings is 2. The molecule has 0 radical (unpaired) electrons. The van der Waals surface area contributed by atoms with Crippen LogP contribution in [0.25, 0.3) is 0 Å². The number of amides is 1. The predicted molar refractivity (Wildman–Crippen MR) is 85.5 cm³/mol. The number of thioether (sulfide) groups is 1. The average molecular weight is 308 g/mol. The van der Waals surface area contributed by atoms with Gasteiger partial charge in [0.05, 0.1) is 5.69 Å². The third-order valence-electron chi connectivity index (χ3n) is 3.67. The minimum Gasteiger partial charge on any atom is -0.324 e. The van der Waals surface area contributed by atoms with Crippen LogP contribution in [0.5, 0.6) is 0 Å². The first-order valence-corrected chi connectivity index (χ1v) is 7.55. The van der Waals surface area contributed by atoms with Crippen LogP contribution >= 0.6 is 11.8 Å². The van der Waals surface area contributed by atoms with Crippen molar-refractivity contribution in [2.24, 2.45) is 0 Å². The number of fused-ring (bicyclic) bond motifs is 1. The summed E-state index contributed by atoms with van der Waals surface area (Å²) in [6.45, 7) is 0. The monoisotopic (exact) mass is 308 g/mol. The third kappa shape index (κ3) is 2.28. The molecule has 1 N–H and O–H groups in total. The molecule has 1 aliphatic heterocycles. The Bertz CT molecular complexity index is 783. The number of nitriles is 1. The summed E-state index contributed by atoms with van der Waals surface area (Å²) in [7, 11) is 0. The maximum atomic E-state index is 12.9. The van der Waals surface area contributed by atoms with Crippen LogP contribution in [0.1, 0.15) is 15.9 Å². The lowest BCUT2D eigenvalue weighted by Crippen LogP contribution is -2.52. The number of anilines is 1. The molecule has 1 aliphatic rings. The Kier molecular flexibility index (Phi) is 3.70. The molecule has 1 unspecified atom stereocenters. The van der Waals surface area contributed by atoms with Gasteiger partial charge in [-0.3, -0.25) is 9.59 Å². The highest BCUT2D eigenvalue weighted by Crippen LogP contribution is 2.39. The summed E-state index contributed by atoms with van der Waals surface area (Å²) in [4.78, 5) is 25.5. The Labute approximate surface area is 132 Å². The lowest BCUT2D eigenvalue weighted by molar-refractivity contribution is -0.117. The molecule has 3 rings (SSSR count). The van der Waals surface area contributed by atoms with E-state index in [2.05, 4.69) is 5.32 Å². The van der Waals surface area contributed by atoms with Crippen molar-refractivity contribution >= 4 is 29.1 Å². The fourth-order valence-corrected chi connectivity index (χ4v) is 3.33. The van der Waals surface area contributed by atoms with E-state index in [1.54, 1.807) is 24.3 Å². The number of carbonyl (C=O) groups excluding carboxylic acids is 2. The van der Waals surface area contributed by atoms with Crippen molar-refractivity contribution in [2.45, 2.75) is 11.2 Å². The molecule has 0 saturated carbocycles. The van der Waals surface area contributed by atoms with E-state index in [-0.39, 0.29) is 12.2 Å². The van der Waals surface area contributed by atoms with E-state index in [9.17, 15) is 9.59 Å². The molecule has 2 aromatic rings. The highest BCUT2D eigenvalue weighted by molar-refractivity contribution is 8.06. The highest BCUT2D eigenvalue weighted by atomic mass is 32.2. The van der Waals surface area contributed by atoms with E-state index in [0.717, 1.165) is 17.3 Å². The van der Waals surface area contributed by atoms with Gasteiger partial charge < -0.3 is 5.32 Å². The summed E-state index contributed by atoms with van der Waals surface area (Å²) in [6, 6.07) is 16.1. The average Bonchev–Trinajstić information content (AvgIpc) is 2.54. The Morgan fingerprint density at radius 1 is 1.05 bits per heavy atom. The molecule has 0 fully saturated rings. The van der Waals surface area contributed by atoms with Gasteiger partial charge in [0.25, 0.3) is 0 Å². The van der Waals surface area contributed by atoms with Crippen LogP contribution in [0.3, 0.4) is 0 Å². The van der Waals surface area contributed by atoms with Crippen molar-refractivity contribution < 1.29 is 9.59 Å². The summed E-state index contributed by atoms with van der Waals surface area (Å²) >= 11 is 0.718. The van der Waals surface area contributed by atoms with Crippen molar-refractivity contribution in [3.05, 3.63) is 65.7 Å². The van der Waals surface area contributed by atoms with Crippen molar-refractivity contribution in [3.63, 3.8) is 0 Å². The number of nitrogens with one attached hydrogen (secondary N) is 1. The number of nitrogens with zero attached hydrogens (tertiary/aromatic N) is 1. The van der Waals surface area contributed by atoms with Crippen molar-refractivity contribution in [1.29, 1.82) is 5.26 Å². The van der Waals surface area contributed by atoms with E-state index in [1.165, 1.54) is 0 Å². The largest absolute Gasteiger partial charge is 0.324 e. The van der Waals surface area contributed by atoms with Gasteiger partial charge >= 0.3 is 0 Å². The standard InChI is InChI=1S/C17H12N2O2S/c18-11-22-17(10-12-6-2-1-3-7-12)15(20)13-8-4-5-9-14(13)19-16(17)21/h1-9H,10H2,(H,19,21). The molecule has 22 heavy (non-hydrogen) atoms. The first-order chi connectivity index (χ1) is 10.7. The molecule has 0 aromatic heterocycles. The molecule has 5 heteroatoms. The fraction of sp³-hybridized carbons (Fsp3) is 0.118. The smallest absolute Gasteiger partial charge is 0.250 e. The second-order valence-corrected chi connectivity index (χ2v) is 6.10. The van der Waals surface area contributed by atoms with Gasteiger partial charge in [-0.15, -0.1) is 0 Å². The predicted octanol–water partition coefficient (Wildman–Crippen LogP) is 3.02. The maximum absolute atomic E-state index is 12.9. The zero-order valence-corrected chi connectivity index (χ0v) is 12.4. The quantitative estimate of drug-likeness (QED) is 0.699. The van der Waals surface area contributed by atoms with Crippen molar-refractivity contribution in [2.75, 3.05) is 5.32 Å². The second-order valence-electron chi connectivity index (χ2n) is 5.01. The lowest BCUT2D eigenvalue weighted by atomic mass is 9.86. The molecule has 108 valence electrons. The van der Waals surface area contributed by atoms with Gasteiger partial charge in [-0.25, -0.2) is 0 Å². The first-order valence-electron chi connectivity index (χ1n) is 6.74. The number of carbonyl (C=O) groups is 2. The molecule has 1 amide bonds. The van der Waals surface area contributed by atoms with E-state index in [1.807, 2.05) is 35.7 Å². The summed E-state index contributed by atoms with van der Waals surface area (Å²) in [6.07, 6.45) is 0.186. The molecule has 4 nitrogen and oxygen atoms in total. The minimum absolute atomic E-state index is 0.186. The molecule has 2 aromatic carbocycles. The van der Waals surface area contributed by atoms with Crippen LogP contribution in [0.2, 0.25) is 0 Å². The van der Waals surface area contributed by atoms with E-state index in [4.69, 9.17) is 5.26 Å². The number of thiocyanates is 1. The second kappa shape index (κ2) is 5.66. The Hall–Kier alpha value is -2.58. The van der Waals surface area contributed by atoms with Crippen LogP contribution in [-0.2, 0) is 11.2 Å².